The Hall–Kier alpha value is -1.32. The number of hydrogen-bond donors (Lipinski definition) is 2. The molecule has 0 fully saturated rings. The molecule has 1 aromatic rings. The highest BCUT2D eigenvalue weighted by atomic mass is 127. The smallest absolute Gasteiger partial charge is 0.422 e. The number of carboxylic acid groups (broad SMARTS) is 1. The summed E-state index contributed by atoms with van der Waals surface area (Å²) in [6, 6.07) is 5.69. The second kappa shape index (κ2) is 5.35. The van der Waals surface area contributed by atoms with Crippen molar-refractivity contribution < 1.29 is 27.9 Å². The van der Waals surface area contributed by atoms with Crippen molar-refractivity contribution in [2.45, 2.75) is 18.6 Å². The van der Waals surface area contributed by atoms with E-state index in [2.05, 4.69) is 0 Å². The van der Waals surface area contributed by atoms with E-state index in [4.69, 9.17) is 5.11 Å². The fraction of sp³-hybridized carbons (Fsp3) is 0.273. The van der Waals surface area contributed by atoms with Crippen LogP contribution in [0.2, 0.25) is 0 Å². The lowest BCUT2D eigenvalue weighted by Gasteiger charge is -2.28. The van der Waals surface area contributed by atoms with E-state index in [1.54, 1.807) is 0 Å². The molecule has 8 heteroatoms. The van der Waals surface area contributed by atoms with Crippen molar-refractivity contribution in [1.29, 1.82) is 0 Å². The Morgan fingerprint density at radius 2 is 1.68 bits per heavy atom. The number of hydrogen-bond acceptors (Lipinski definition) is 2. The van der Waals surface area contributed by atoms with Crippen LogP contribution in [-0.2, 0) is 4.79 Å². The van der Waals surface area contributed by atoms with Crippen LogP contribution in [0.4, 0.5) is 13.2 Å². The van der Waals surface area contributed by atoms with Crippen LogP contribution in [-0.4, -0.2) is 28.7 Å². The van der Waals surface area contributed by atoms with Gasteiger partial charge in [-0.25, -0.2) is 4.79 Å². The summed E-state index contributed by atoms with van der Waals surface area (Å²) in [6.07, 6.45) is -5.10. The van der Waals surface area contributed by atoms with Crippen molar-refractivity contribution in [2.75, 3.05) is 0 Å². The Kier molecular flexibility index (Phi) is 4.43. The molecule has 0 aliphatic heterocycles. The average molecular weight is 387 g/mol. The molecule has 0 aromatic heterocycles. The predicted octanol–water partition coefficient (Wildman–Crippen LogP) is 2.43. The molecule has 0 radical (unpaired) electrons. The maximum absolute atomic E-state index is 12.7. The molecule has 1 amide bonds. The Labute approximate surface area is 120 Å². The van der Waals surface area contributed by atoms with Gasteiger partial charge in [0.1, 0.15) is 0 Å². The molecule has 1 aromatic carbocycles. The number of benzene rings is 1. The van der Waals surface area contributed by atoms with Crippen molar-refractivity contribution in [2.24, 2.45) is 0 Å². The minimum atomic E-state index is -5.10. The second-order valence-corrected chi connectivity index (χ2v) is 5.13. The molecule has 0 spiro atoms. The molecule has 0 aliphatic carbocycles. The third-order valence-electron chi connectivity index (χ3n) is 2.46. The van der Waals surface area contributed by atoms with Gasteiger partial charge in [0.2, 0.25) is 5.54 Å². The molecule has 0 heterocycles. The van der Waals surface area contributed by atoms with Crippen LogP contribution in [0.15, 0.2) is 24.3 Å². The third kappa shape index (κ3) is 3.37. The van der Waals surface area contributed by atoms with Gasteiger partial charge < -0.3 is 10.4 Å². The highest BCUT2D eigenvalue weighted by Gasteiger charge is 2.58. The molecule has 0 bridgehead atoms. The minimum Gasteiger partial charge on any atom is -0.479 e. The lowest BCUT2D eigenvalue weighted by Crippen LogP contribution is -2.61. The van der Waals surface area contributed by atoms with Gasteiger partial charge in [-0.05, 0) is 53.8 Å². The summed E-state index contributed by atoms with van der Waals surface area (Å²) in [5.41, 5.74) is -3.37. The molecule has 1 atom stereocenters. The zero-order valence-electron chi connectivity index (χ0n) is 9.58. The molecule has 0 saturated carbocycles. The van der Waals surface area contributed by atoms with Crippen molar-refractivity contribution in [3.8, 4) is 0 Å². The molecular formula is C11H9F3INO3. The summed E-state index contributed by atoms with van der Waals surface area (Å²) >= 11 is 1.97. The van der Waals surface area contributed by atoms with E-state index in [0.29, 0.717) is 6.92 Å². The first-order valence-electron chi connectivity index (χ1n) is 4.96. The molecule has 4 nitrogen and oxygen atoms in total. The van der Waals surface area contributed by atoms with E-state index in [-0.39, 0.29) is 5.56 Å². The van der Waals surface area contributed by atoms with Gasteiger partial charge in [0.25, 0.3) is 5.91 Å². The van der Waals surface area contributed by atoms with E-state index in [1.165, 1.54) is 29.6 Å². The van der Waals surface area contributed by atoms with Gasteiger partial charge in [0.15, 0.2) is 0 Å². The average Bonchev–Trinajstić information content (AvgIpc) is 2.27. The number of carbonyl (C=O) groups is 2. The van der Waals surface area contributed by atoms with Gasteiger partial charge in [-0.1, -0.05) is 0 Å². The van der Waals surface area contributed by atoms with Gasteiger partial charge in [0, 0.05) is 9.13 Å². The molecule has 1 rings (SSSR count). The summed E-state index contributed by atoms with van der Waals surface area (Å²) in [5.74, 6) is -3.27. The minimum absolute atomic E-state index is 0.0443. The SMILES string of the molecule is CC(NC(=O)c1ccc(I)cc1)(C(=O)O)C(F)(F)F. The Balaban J connectivity index is 3.02. The van der Waals surface area contributed by atoms with Crippen molar-refractivity contribution in [3.63, 3.8) is 0 Å². The molecule has 2 N–H and O–H groups in total. The summed E-state index contributed by atoms with van der Waals surface area (Å²) in [6.45, 7) is 0.403. The normalized spacial score (nSPS) is 14.6. The number of carbonyl (C=O) groups excluding carboxylic acids is 1. The summed E-state index contributed by atoms with van der Waals surface area (Å²) < 4.78 is 38.9. The summed E-state index contributed by atoms with van der Waals surface area (Å²) in [5, 5.41) is 10.2. The van der Waals surface area contributed by atoms with Crippen LogP contribution in [0.25, 0.3) is 0 Å². The van der Waals surface area contributed by atoms with Gasteiger partial charge in [-0.3, -0.25) is 4.79 Å². The van der Waals surface area contributed by atoms with Crippen molar-refractivity contribution in [3.05, 3.63) is 33.4 Å². The van der Waals surface area contributed by atoms with Gasteiger partial charge in [-0.2, -0.15) is 13.2 Å². The number of halogens is 4. The first-order chi connectivity index (χ1) is 8.58. The van der Waals surface area contributed by atoms with Crippen molar-refractivity contribution in [1.82, 2.24) is 5.32 Å². The van der Waals surface area contributed by atoms with Crippen LogP contribution in [0.3, 0.4) is 0 Å². The van der Waals surface area contributed by atoms with Crippen LogP contribution in [0, 0.1) is 3.57 Å². The monoisotopic (exact) mass is 387 g/mol. The first kappa shape index (κ1) is 15.7. The van der Waals surface area contributed by atoms with Gasteiger partial charge in [-0.15, -0.1) is 0 Å². The van der Waals surface area contributed by atoms with Crippen molar-refractivity contribution >= 4 is 34.5 Å². The largest absolute Gasteiger partial charge is 0.479 e. The standard InChI is InChI=1S/C11H9F3INO3/c1-10(9(18)19,11(12,13)14)16-8(17)6-2-4-7(15)5-3-6/h2-5H,1H3,(H,16,17)(H,18,19). The van der Waals surface area contributed by atoms with E-state index < -0.39 is 23.6 Å². The maximum Gasteiger partial charge on any atom is 0.422 e. The Bertz CT molecular complexity index is 501. The van der Waals surface area contributed by atoms with Gasteiger partial charge >= 0.3 is 12.1 Å². The molecule has 104 valence electrons. The van der Waals surface area contributed by atoms with Gasteiger partial charge in [0.05, 0.1) is 0 Å². The fourth-order valence-electron chi connectivity index (χ4n) is 1.15. The van der Waals surface area contributed by atoms with E-state index >= 15 is 0 Å². The lowest BCUT2D eigenvalue weighted by atomic mass is 10.0. The third-order valence-corrected chi connectivity index (χ3v) is 3.18. The number of rotatable bonds is 3. The van der Waals surface area contributed by atoms with Crippen LogP contribution in [0.1, 0.15) is 17.3 Å². The lowest BCUT2D eigenvalue weighted by molar-refractivity contribution is -0.203. The first-order valence-corrected chi connectivity index (χ1v) is 6.04. The summed E-state index contributed by atoms with van der Waals surface area (Å²) in [7, 11) is 0. The molecule has 1 unspecified atom stereocenters. The topological polar surface area (TPSA) is 66.4 Å². The van der Waals surface area contributed by atoms with E-state index in [9.17, 15) is 22.8 Å². The van der Waals surface area contributed by atoms with E-state index in [0.717, 1.165) is 3.57 Å². The number of carboxylic acids is 1. The predicted molar refractivity (Wildman–Crippen MR) is 68.7 cm³/mol. The van der Waals surface area contributed by atoms with E-state index in [1.807, 2.05) is 22.6 Å². The number of aliphatic carboxylic acids is 1. The summed E-state index contributed by atoms with van der Waals surface area (Å²) in [4.78, 5) is 22.4. The number of alkyl halides is 3. The zero-order chi connectivity index (χ0) is 14.8. The van der Waals surface area contributed by atoms with Crippen LogP contribution >= 0.6 is 22.6 Å². The zero-order valence-corrected chi connectivity index (χ0v) is 11.7. The maximum atomic E-state index is 12.7. The van der Waals surface area contributed by atoms with Crippen LogP contribution in [0.5, 0.6) is 0 Å². The quantitative estimate of drug-likeness (QED) is 0.784. The van der Waals surface area contributed by atoms with Crippen LogP contribution < -0.4 is 5.32 Å². The Morgan fingerprint density at radius 3 is 2.05 bits per heavy atom. The Morgan fingerprint density at radius 1 is 1.21 bits per heavy atom. The highest BCUT2D eigenvalue weighted by molar-refractivity contribution is 14.1. The molecular weight excluding hydrogens is 378 g/mol. The molecule has 19 heavy (non-hydrogen) atoms. The second-order valence-electron chi connectivity index (χ2n) is 3.89. The molecule has 0 saturated heterocycles. The fourth-order valence-corrected chi connectivity index (χ4v) is 1.51. The molecule has 0 aliphatic rings. The highest BCUT2D eigenvalue weighted by Crippen LogP contribution is 2.30. The number of amides is 1. The number of nitrogens with one attached hydrogen (secondary N) is 1.